The maximum absolute atomic E-state index is 12.1. The van der Waals surface area contributed by atoms with Crippen LogP contribution in [0, 0.1) is 0 Å². The minimum Gasteiger partial charge on any atom is -0.351 e. The van der Waals surface area contributed by atoms with E-state index in [0.717, 1.165) is 19.3 Å². The monoisotopic (exact) mass is 285 g/mol. The van der Waals surface area contributed by atoms with E-state index in [1.807, 2.05) is 6.07 Å². The zero-order valence-corrected chi connectivity index (χ0v) is 11.8. The molecule has 6 heteroatoms. The van der Waals surface area contributed by atoms with Gasteiger partial charge in [-0.1, -0.05) is 29.5 Å². The number of benzene rings is 1. The number of rotatable bonds is 4. The van der Waals surface area contributed by atoms with E-state index in [1.165, 1.54) is 15.8 Å². The third kappa shape index (κ3) is 3.28. The Morgan fingerprint density at radius 1 is 1.38 bits per heavy atom. The number of aryl methyl sites for hydroxylation is 1. The standard InChI is InChI=1S/C15H19N5O/c16-8-14-9-20(19-18-14)10-15(21)17-13-6-5-11-3-1-2-4-12(11)7-13/h1-4,9,13H,5-8,10,16H2,(H,17,21). The van der Waals surface area contributed by atoms with Crippen LogP contribution in [0.25, 0.3) is 0 Å². The number of carbonyl (C=O) groups is 1. The largest absolute Gasteiger partial charge is 0.351 e. The van der Waals surface area contributed by atoms with Gasteiger partial charge in [0.15, 0.2) is 0 Å². The average molecular weight is 285 g/mol. The molecule has 2 aromatic rings. The Morgan fingerprint density at radius 3 is 2.95 bits per heavy atom. The van der Waals surface area contributed by atoms with Crippen LogP contribution in [-0.2, 0) is 30.7 Å². The fraction of sp³-hybridized carbons (Fsp3) is 0.400. The summed E-state index contributed by atoms with van der Waals surface area (Å²) in [6, 6.07) is 8.62. The first-order valence-corrected chi connectivity index (χ1v) is 7.20. The highest BCUT2D eigenvalue weighted by molar-refractivity contribution is 5.76. The molecule has 0 saturated carbocycles. The highest BCUT2D eigenvalue weighted by Crippen LogP contribution is 2.20. The summed E-state index contributed by atoms with van der Waals surface area (Å²) in [4.78, 5) is 12.1. The summed E-state index contributed by atoms with van der Waals surface area (Å²) in [7, 11) is 0. The summed E-state index contributed by atoms with van der Waals surface area (Å²) >= 11 is 0. The Bertz CT molecular complexity index is 636. The topological polar surface area (TPSA) is 85.8 Å². The first-order chi connectivity index (χ1) is 10.2. The van der Waals surface area contributed by atoms with Crippen molar-refractivity contribution in [2.45, 2.75) is 38.4 Å². The van der Waals surface area contributed by atoms with Gasteiger partial charge >= 0.3 is 0 Å². The van der Waals surface area contributed by atoms with Crippen LogP contribution in [0.15, 0.2) is 30.5 Å². The van der Waals surface area contributed by atoms with E-state index in [2.05, 4.69) is 33.8 Å². The van der Waals surface area contributed by atoms with Crippen molar-refractivity contribution in [2.75, 3.05) is 0 Å². The van der Waals surface area contributed by atoms with Gasteiger partial charge in [-0.15, -0.1) is 5.10 Å². The van der Waals surface area contributed by atoms with Crippen LogP contribution in [0.2, 0.25) is 0 Å². The number of amides is 1. The van der Waals surface area contributed by atoms with Gasteiger partial charge in [-0.25, -0.2) is 4.68 Å². The molecule has 1 aromatic heterocycles. The Kier molecular flexibility index (Phi) is 3.96. The molecule has 0 aliphatic heterocycles. The molecule has 1 aliphatic rings. The minimum absolute atomic E-state index is 0.0344. The van der Waals surface area contributed by atoms with Gasteiger partial charge < -0.3 is 11.1 Å². The molecule has 0 saturated heterocycles. The van der Waals surface area contributed by atoms with E-state index in [1.54, 1.807) is 6.20 Å². The van der Waals surface area contributed by atoms with Gasteiger partial charge in [0.05, 0.1) is 11.9 Å². The van der Waals surface area contributed by atoms with Crippen molar-refractivity contribution in [1.82, 2.24) is 20.3 Å². The normalized spacial score (nSPS) is 17.3. The summed E-state index contributed by atoms with van der Waals surface area (Å²) < 4.78 is 1.52. The molecule has 1 unspecified atom stereocenters. The zero-order chi connectivity index (χ0) is 14.7. The molecule has 1 aliphatic carbocycles. The summed E-state index contributed by atoms with van der Waals surface area (Å²) in [5.41, 5.74) is 8.89. The number of fused-ring (bicyclic) bond motifs is 1. The Morgan fingerprint density at radius 2 is 2.19 bits per heavy atom. The molecule has 1 heterocycles. The van der Waals surface area contributed by atoms with E-state index in [0.29, 0.717) is 12.2 Å². The Labute approximate surface area is 123 Å². The second-order valence-corrected chi connectivity index (χ2v) is 5.39. The molecule has 3 N–H and O–H groups in total. The number of hydrogen-bond donors (Lipinski definition) is 2. The van der Waals surface area contributed by atoms with E-state index in [4.69, 9.17) is 5.73 Å². The van der Waals surface area contributed by atoms with Gasteiger partial charge in [0, 0.05) is 12.6 Å². The molecule has 1 atom stereocenters. The lowest BCUT2D eigenvalue weighted by Gasteiger charge is -2.25. The molecular formula is C15H19N5O. The van der Waals surface area contributed by atoms with Crippen molar-refractivity contribution in [3.63, 3.8) is 0 Å². The number of nitrogens with zero attached hydrogens (tertiary/aromatic N) is 3. The van der Waals surface area contributed by atoms with Gasteiger partial charge in [-0.05, 0) is 30.4 Å². The van der Waals surface area contributed by atoms with Crippen LogP contribution in [0.5, 0.6) is 0 Å². The number of nitrogens with two attached hydrogens (primary N) is 1. The Hall–Kier alpha value is -2.21. The maximum atomic E-state index is 12.1. The van der Waals surface area contributed by atoms with Gasteiger partial charge in [0.25, 0.3) is 0 Å². The minimum atomic E-state index is -0.0344. The first-order valence-electron chi connectivity index (χ1n) is 7.20. The molecule has 21 heavy (non-hydrogen) atoms. The summed E-state index contributed by atoms with van der Waals surface area (Å²) in [6.45, 7) is 0.520. The molecule has 0 bridgehead atoms. The summed E-state index contributed by atoms with van der Waals surface area (Å²) in [5.74, 6) is -0.0344. The number of carbonyl (C=O) groups excluding carboxylic acids is 1. The molecule has 3 rings (SSSR count). The number of nitrogens with one attached hydrogen (secondary N) is 1. The number of hydrogen-bond acceptors (Lipinski definition) is 4. The van der Waals surface area contributed by atoms with Crippen LogP contribution >= 0.6 is 0 Å². The molecule has 110 valence electrons. The van der Waals surface area contributed by atoms with Gasteiger partial charge in [-0.3, -0.25) is 4.79 Å². The third-order valence-corrected chi connectivity index (χ3v) is 3.81. The van der Waals surface area contributed by atoms with Crippen molar-refractivity contribution in [3.05, 3.63) is 47.3 Å². The second kappa shape index (κ2) is 6.05. The van der Waals surface area contributed by atoms with Gasteiger partial charge in [-0.2, -0.15) is 0 Å². The van der Waals surface area contributed by atoms with E-state index < -0.39 is 0 Å². The van der Waals surface area contributed by atoms with Crippen LogP contribution in [-0.4, -0.2) is 26.9 Å². The highest BCUT2D eigenvalue weighted by Gasteiger charge is 2.20. The quantitative estimate of drug-likeness (QED) is 0.852. The lowest BCUT2D eigenvalue weighted by Crippen LogP contribution is -2.40. The Balaban J connectivity index is 1.56. The van der Waals surface area contributed by atoms with Crippen molar-refractivity contribution in [1.29, 1.82) is 0 Å². The second-order valence-electron chi connectivity index (χ2n) is 5.39. The molecule has 0 spiro atoms. The average Bonchev–Trinajstić information content (AvgIpc) is 2.94. The third-order valence-electron chi connectivity index (χ3n) is 3.81. The molecule has 0 fully saturated rings. The molecular weight excluding hydrogens is 266 g/mol. The lowest BCUT2D eigenvalue weighted by atomic mass is 9.88. The zero-order valence-electron chi connectivity index (χ0n) is 11.8. The van der Waals surface area contributed by atoms with Crippen molar-refractivity contribution < 1.29 is 4.79 Å². The maximum Gasteiger partial charge on any atom is 0.242 e. The molecule has 6 nitrogen and oxygen atoms in total. The van der Waals surface area contributed by atoms with Crippen LogP contribution < -0.4 is 11.1 Å². The van der Waals surface area contributed by atoms with Crippen LogP contribution in [0.4, 0.5) is 0 Å². The van der Waals surface area contributed by atoms with Crippen LogP contribution in [0.1, 0.15) is 23.2 Å². The van der Waals surface area contributed by atoms with Crippen molar-refractivity contribution in [3.8, 4) is 0 Å². The summed E-state index contributed by atoms with van der Waals surface area (Å²) in [6.07, 6.45) is 4.60. The van der Waals surface area contributed by atoms with Gasteiger partial charge in [0.2, 0.25) is 5.91 Å². The molecule has 1 amide bonds. The first kappa shape index (κ1) is 13.8. The van der Waals surface area contributed by atoms with E-state index in [-0.39, 0.29) is 18.5 Å². The van der Waals surface area contributed by atoms with E-state index in [9.17, 15) is 4.79 Å². The fourth-order valence-corrected chi connectivity index (χ4v) is 2.75. The van der Waals surface area contributed by atoms with E-state index >= 15 is 0 Å². The van der Waals surface area contributed by atoms with Crippen molar-refractivity contribution >= 4 is 5.91 Å². The lowest BCUT2D eigenvalue weighted by molar-refractivity contribution is -0.122. The highest BCUT2D eigenvalue weighted by atomic mass is 16.2. The van der Waals surface area contributed by atoms with Crippen molar-refractivity contribution in [2.24, 2.45) is 5.73 Å². The predicted octanol–water partition coefficient (Wildman–Crippen LogP) is 0.410. The predicted molar refractivity (Wildman–Crippen MR) is 78.3 cm³/mol. The van der Waals surface area contributed by atoms with Gasteiger partial charge in [0.1, 0.15) is 6.54 Å². The fourth-order valence-electron chi connectivity index (χ4n) is 2.75. The molecule has 0 radical (unpaired) electrons. The van der Waals surface area contributed by atoms with Crippen LogP contribution in [0.3, 0.4) is 0 Å². The smallest absolute Gasteiger partial charge is 0.242 e. The molecule has 1 aromatic carbocycles. The number of aromatic nitrogens is 3. The SMILES string of the molecule is NCc1cn(CC(=O)NC2CCc3ccccc3C2)nn1. The summed E-state index contributed by atoms with van der Waals surface area (Å²) in [5, 5.41) is 10.8.